The minimum atomic E-state index is -1.31. The fourth-order valence-corrected chi connectivity index (χ4v) is 2.11. The summed E-state index contributed by atoms with van der Waals surface area (Å²) in [7, 11) is 0. The van der Waals surface area contributed by atoms with Crippen LogP contribution in [0.15, 0.2) is 36.3 Å². The molecule has 2 rings (SSSR count). The fourth-order valence-electron chi connectivity index (χ4n) is 2.11. The summed E-state index contributed by atoms with van der Waals surface area (Å²) in [5.74, 6) is 3.79. The van der Waals surface area contributed by atoms with Gasteiger partial charge in [-0.15, -0.1) is 12.9 Å². The molecule has 2 nitrogen and oxygen atoms in total. The third-order valence-corrected chi connectivity index (χ3v) is 3.03. The Kier molecular flexibility index (Phi) is 5.92. The van der Waals surface area contributed by atoms with Gasteiger partial charge in [0.25, 0.3) is 0 Å². The summed E-state index contributed by atoms with van der Waals surface area (Å²) in [4.78, 5) is 0. The average molecular weight is 238 g/mol. The number of fused-ring (bicyclic) bond motifs is 1. The second-order valence-corrected chi connectivity index (χ2v) is 4.78. The molecule has 0 unspecified atom stereocenters. The van der Waals surface area contributed by atoms with E-state index in [9.17, 15) is 0 Å². The molecule has 1 aliphatic heterocycles. The van der Waals surface area contributed by atoms with Gasteiger partial charge in [-0.05, 0) is 25.0 Å². The van der Waals surface area contributed by atoms with Crippen molar-refractivity contribution in [1.29, 1.82) is 0 Å². The molecule has 0 saturated carbocycles. The third-order valence-electron chi connectivity index (χ3n) is 3.03. The van der Waals surface area contributed by atoms with Crippen molar-refractivity contribution in [2.45, 2.75) is 39.4 Å². The Labute approximate surface area is 122 Å². The van der Waals surface area contributed by atoms with Gasteiger partial charge < -0.3 is 9.31 Å². The summed E-state index contributed by atoms with van der Waals surface area (Å²) in [5, 5.41) is 0. The molecule has 0 N–H and O–H groups in total. The SMILES string of the molecule is CCCCC/C=C/[B-]1(C)Oc2ccccc2O1.[Li+]. The summed E-state index contributed by atoms with van der Waals surface area (Å²) in [6, 6.07) is 7.84. The van der Waals surface area contributed by atoms with Crippen molar-refractivity contribution in [3.05, 3.63) is 36.3 Å². The molecule has 1 aromatic rings. The molecule has 18 heavy (non-hydrogen) atoms. The Morgan fingerprint density at radius 3 is 2.28 bits per heavy atom. The zero-order valence-corrected chi connectivity index (χ0v) is 11.7. The van der Waals surface area contributed by atoms with Gasteiger partial charge in [-0.3, -0.25) is 0 Å². The topological polar surface area (TPSA) is 18.5 Å². The van der Waals surface area contributed by atoms with E-state index in [0.29, 0.717) is 0 Å². The van der Waals surface area contributed by atoms with Crippen LogP contribution < -0.4 is 28.2 Å². The van der Waals surface area contributed by atoms with Crippen molar-refractivity contribution in [3.63, 3.8) is 0 Å². The van der Waals surface area contributed by atoms with Crippen molar-refractivity contribution in [1.82, 2.24) is 0 Å². The van der Waals surface area contributed by atoms with Crippen molar-refractivity contribution < 1.29 is 28.2 Å². The Hall–Kier alpha value is -0.778. The zero-order valence-electron chi connectivity index (χ0n) is 11.7. The number of hydrogen-bond acceptors (Lipinski definition) is 2. The summed E-state index contributed by atoms with van der Waals surface area (Å²) in [5.41, 5.74) is 0. The van der Waals surface area contributed by atoms with Gasteiger partial charge >= 0.3 is 25.4 Å². The van der Waals surface area contributed by atoms with Gasteiger partial charge in [0.2, 0.25) is 0 Å². The van der Waals surface area contributed by atoms with Crippen molar-refractivity contribution >= 4 is 6.55 Å². The van der Waals surface area contributed by atoms with Gasteiger partial charge in [0, 0.05) is 0 Å². The maximum absolute atomic E-state index is 5.85. The van der Waals surface area contributed by atoms with E-state index in [1.165, 1.54) is 19.3 Å². The number of benzene rings is 1. The van der Waals surface area contributed by atoms with Crippen molar-refractivity contribution in [2.24, 2.45) is 0 Å². The minimum Gasteiger partial charge on any atom is -0.677 e. The van der Waals surface area contributed by atoms with Crippen molar-refractivity contribution in [3.8, 4) is 11.5 Å². The molecule has 0 fully saturated rings. The van der Waals surface area contributed by atoms with Gasteiger partial charge in [0.15, 0.2) is 0 Å². The summed E-state index contributed by atoms with van der Waals surface area (Å²) < 4.78 is 11.7. The summed E-state index contributed by atoms with van der Waals surface area (Å²) in [6.07, 6.45) is 7.08. The molecule has 0 amide bonds. The molecule has 0 saturated heterocycles. The Balaban J connectivity index is 0.00000162. The summed E-state index contributed by atoms with van der Waals surface area (Å²) >= 11 is 0. The van der Waals surface area contributed by atoms with Crippen LogP contribution in [0, 0.1) is 0 Å². The van der Waals surface area contributed by atoms with E-state index in [4.69, 9.17) is 9.31 Å². The van der Waals surface area contributed by atoms with Crippen LogP contribution in [0.4, 0.5) is 0 Å². The van der Waals surface area contributed by atoms with Crippen LogP contribution in [0.1, 0.15) is 32.6 Å². The first-order valence-corrected chi connectivity index (χ1v) is 6.57. The molecule has 1 aromatic carbocycles. The number of hydrogen-bond donors (Lipinski definition) is 0. The smallest absolute Gasteiger partial charge is 0.677 e. The van der Waals surface area contributed by atoms with E-state index < -0.39 is 6.55 Å². The molecule has 0 aliphatic carbocycles. The van der Waals surface area contributed by atoms with Gasteiger partial charge in [0.1, 0.15) is 11.5 Å². The van der Waals surface area contributed by atoms with E-state index >= 15 is 0 Å². The molecular formula is C14H20BLiO2. The summed E-state index contributed by atoms with van der Waals surface area (Å²) in [6.45, 7) is 2.92. The van der Waals surface area contributed by atoms with Crippen LogP contribution in [0.5, 0.6) is 11.5 Å². The largest absolute Gasteiger partial charge is 1.00 e. The fraction of sp³-hybridized carbons (Fsp3) is 0.429. The number of allylic oxidation sites excluding steroid dienone is 1. The quantitative estimate of drug-likeness (QED) is 0.567. The molecule has 0 atom stereocenters. The molecule has 4 heteroatoms. The maximum atomic E-state index is 5.85. The first-order chi connectivity index (χ1) is 8.23. The van der Waals surface area contributed by atoms with Crippen LogP contribution in [0.3, 0.4) is 0 Å². The Bertz CT molecular complexity index is 382. The third kappa shape index (κ3) is 3.87. The maximum Gasteiger partial charge on any atom is 1.00 e. The second-order valence-electron chi connectivity index (χ2n) is 4.78. The van der Waals surface area contributed by atoms with Crippen LogP contribution in [-0.4, -0.2) is 6.55 Å². The van der Waals surface area contributed by atoms with E-state index in [1.54, 1.807) is 0 Å². The van der Waals surface area contributed by atoms with Crippen molar-refractivity contribution in [2.75, 3.05) is 0 Å². The zero-order chi connectivity index (χ0) is 12.1. The normalized spacial score (nSPS) is 15.7. The molecular weight excluding hydrogens is 218 g/mol. The van der Waals surface area contributed by atoms with Gasteiger partial charge in [-0.1, -0.05) is 31.9 Å². The standard InChI is InChI=1S/C14H20BO2.Li/c1-3-4-5-6-9-12-15(2)16-13-10-7-8-11-14(13)17-15;/h7-12H,3-6H2,1-2H3;/q-1;+1/b12-9+;. The van der Waals surface area contributed by atoms with Crippen LogP contribution in [0.2, 0.25) is 6.82 Å². The Morgan fingerprint density at radius 2 is 1.72 bits per heavy atom. The number of rotatable bonds is 5. The van der Waals surface area contributed by atoms with Gasteiger partial charge in [-0.2, -0.15) is 5.98 Å². The second kappa shape index (κ2) is 6.97. The molecule has 92 valence electrons. The van der Waals surface area contributed by atoms with Gasteiger partial charge in [0.05, 0.1) is 0 Å². The first-order valence-electron chi connectivity index (χ1n) is 6.57. The monoisotopic (exact) mass is 238 g/mol. The van der Waals surface area contributed by atoms with E-state index in [1.807, 2.05) is 31.1 Å². The number of para-hydroxylation sites is 2. The van der Waals surface area contributed by atoms with E-state index in [2.05, 4.69) is 19.0 Å². The van der Waals surface area contributed by atoms with Crippen LogP contribution in [-0.2, 0) is 0 Å². The first kappa shape index (κ1) is 15.3. The molecule has 0 spiro atoms. The average Bonchev–Trinajstić information content (AvgIpc) is 2.65. The van der Waals surface area contributed by atoms with Crippen LogP contribution >= 0.6 is 0 Å². The van der Waals surface area contributed by atoms with Gasteiger partial charge in [-0.25, -0.2) is 0 Å². The predicted octanol–water partition coefficient (Wildman–Crippen LogP) is 1.21. The minimum absolute atomic E-state index is 0. The molecule has 0 radical (unpaired) electrons. The predicted molar refractivity (Wildman–Crippen MR) is 72.6 cm³/mol. The molecule has 0 aromatic heterocycles. The van der Waals surface area contributed by atoms with E-state index in [0.717, 1.165) is 17.9 Å². The Morgan fingerprint density at radius 1 is 1.11 bits per heavy atom. The molecule has 0 bridgehead atoms. The number of unbranched alkanes of at least 4 members (excludes halogenated alkanes) is 3. The molecule has 1 aliphatic rings. The molecule has 1 heterocycles. The van der Waals surface area contributed by atoms with E-state index in [-0.39, 0.29) is 18.9 Å². The van der Waals surface area contributed by atoms with Crippen LogP contribution in [0.25, 0.3) is 0 Å².